The van der Waals surface area contributed by atoms with E-state index in [9.17, 15) is 4.79 Å². The SMILES string of the molecule is CN=C(NCC(=O)NCc1ccco1)N(C)Cc1csc(C)n1.I. The van der Waals surface area contributed by atoms with Gasteiger partial charge in [0.15, 0.2) is 5.96 Å². The van der Waals surface area contributed by atoms with E-state index in [2.05, 4.69) is 20.6 Å². The fourth-order valence-corrected chi connectivity index (χ4v) is 2.61. The molecular weight excluding hydrogens is 441 g/mol. The zero-order chi connectivity index (χ0) is 16.7. The lowest BCUT2D eigenvalue weighted by Gasteiger charge is -2.20. The summed E-state index contributed by atoms with van der Waals surface area (Å²) in [5.74, 6) is 1.24. The largest absolute Gasteiger partial charge is 0.467 e. The van der Waals surface area contributed by atoms with Crippen LogP contribution in [-0.2, 0) is 17.9 Å². The van der Waals surface area contributed by atoms with Crippen molar-refractivity contribution in [3.8, 4) is 0 Å². The average Bonchev–Trinajstić information content (AvgIpc) is 3.17. The highest BCUT2D eigenvalue weighted by molar-refractivity contribution is 14.0. The predicted octanol–water partition coefficient (Wildman–Crippen LogP) is 1.99. The van der Waals surface area contributed by atoms with Crippen molar-refractivity contribution >= 4 is 47.2 Å². The van der Waals surface area contributed by atoms with Gasteiger partial charge in [0.2, 0.25) is 5.91 Å². The molecule has 0 radical (unpaired) electrons. The van der Waals surface area contributed by atoms with Gasteiger partial charge in [-0.25, -0.2) is 4.98 Å². The van der Waals surface area contributed by atoms with Gasteiger partial charge in [-0.2, -0.15) is 0 Å². The van der Waals surface area contributed by atoms with E-state index >= 15 is 0 Å². The molecule has 0 fully saturated rings. The van der Waals surface area contributed by atoms with E-state index in [1.165, 1.54) is 0 Å². The van der Waals surface area contributed by atoms with Crippen LogP contribution in [-0.4, -0.2) is 42.4 Å². The summed E-state index contributed by atoms with van der Waals surface area (Å²) >= 11 is 1.62. The Balaban J connectivity index is 0.00000288. The lowest BCUT2D eigenvalue weighted by Crippen LogP contribution is -2.43. The number of halogens is 1. The van der Waals surface area contributed by atoms with Gasteiger partial charge in [0, 0.05) is 19.5 Å². The van der Waals surface area contributed by atoms with Gasteiger partial charge in [-0.05, 0) is 19.1 Å². The normalized spacial score (nSPS) is 10.9. The number of thiazole rings is 1. The van der Waals surface area contributed by atoms with E-state index in [-0.39, 0.29) is 36.4 Å². The van der Waals surface area contributed by atoms with E-state index in [1.807, 2.05) is 30.3 Å². The molecule has 132 valence electrons. The number of nitrogens with zero attached hydrogens (tertiary/aromatic N) is 3. The van der Waals surface area contributed by atoms with Crippen molar-refractivity contribution in [2.75, 3.05) is 20.6 Å². The molecule has 0 bridgehead atoms. The molecule has 0 atom stereocenters. The standard InChI is InChI=1S/C15H21N5O2S.HI/c1-11-19-12(10-23-11)9-20(3)15(16-2)18-8-14(21)17-7-13-5-4-6-22-13;/h4-6,10H,7-9H2,1-3H3,(H,16,18)(H,17,21);1H. The molecule has 0 saturated heterocycles. The minimum absolute atomic E-state index is 0. The van der Waals surface area contributed by atoms with Crippen LogP contribution >= 0.6 is 35.3 Å². The number of aromatic nitrogens is 1. The van der Waals surface area contributed by atoms with Crippen molar-refractivity contribution in [3.63, 3.8) is 0 Å². The summed E-state index contributed by atoms with van der Waals surface area (Å²) in [6.07, 6.45) is 1.58. The van der Waals surface area contributed by atoms with Crippen LogP contribution in [0.15, 0.2) is 33.2 Å². The third kappa shape index (κ3) is 6.48. The van der Waals surface area contributed by atoms with Crippen LogP contribution in [0.4, 0.5) is 0 Å². The molecule has 0 aliphatic carbocycles. The second-order valence-corrected chi connectivity index (χ2v) is 6.03. The number of guanidine groups is 1. The molecular formula is C15H22IN5O2S. The first kappa shape index (κ1) is 20.4. The number of furan rings is 1. The Morgan fingerprint density at radius 1 is 1.46 bits per heavy atom. The van der Waals surface area contributed by atoms with Gasteiger partial charge in [-0.1, -0.05) is 0 Å². The van der Waals surface area contributed by atoms with Crippen LogP contribution in [0, 0.1) is 6.92 Å². The van der Waals surface area contributed by atoms with Gasteiger partial charge < -0.3 is 20.0 Å². The first-order valence-corrected chi connectivity index (χ1v) is 8.08. The van der Waals surface area contributed by atoms with E-state index in [4.69, 9.17) is 4.42 Å². The number of rotatable bonds is 6. The molecule has 2 rings (SSSR count). The number of aryl methyl sites for hydroxylation is 1. The molecule has 0 unspecified atom stereocenters. The van der Waals surface area contributed by atoms with Crippen molar-refractivity contribution in [2.24, 2.45) is 4.99 Å². The van der Waals surface area contributed by atoms with Crippen LogP contribution in [0.25, 0.3) is 0 Å². The van der Waals surface area contributed by atoms with Crippen LogP contribution in [0.2, 0.25) is 0 Å². The van der Waals surface area contributed by atoms with Crippen LogP contribution in [0.5, 0.6) is 0 Å². The lowest BCUT2D eigenvalue weighted by atomic mass is 10.4. The topological polar surface area (TPSA) is 82.8 Å². The molecule has 2 aromatic heterocycles. The van der Waals surface area contributed by atoms with Crippen molar-refractivity contribution in [1.29, 1.82) is 0 Å². The zero-order valence-corrected chi connectivity index (χ0v) is 17.1. The zero-order valence-electron chi connectivity index (χ0n) is 13.9. The van der Waals surface area contributed by atoms with E-state index < -0.39 is 0 Å². The second-order valence-electron chi connectivity index (χ2n) is 4.97. The maximum absolute atomic E-state index is 11.8. The highest BCUT2D eigenvalue weighted by Gasteiger charge is 2.10. The Morgan fingerprint density at radius 2 is 2.25 bits per heavy atom. The van der Waals surface area contributed by atoms with Gasteiger partial charge >= 0.3 is 0 Å². The maximum atomic E-state index is 11.8. The molecule has 0 spiro atoms. The summed E-state index contributed by atoms with van der Waals surface area (Å²) in [7, 11) is 3.59. The van der Waals surface area contributed by atoms with Gasteiger partial charge in [0.05, 0.1) is 36.6 Å². The number of amides is 1. The molecule has 0 saturated carbocycles. The predicted molar refractivity (Wildman–Crippen MR) is 106 cm³/mol. The molecule has 2 heterocycles. The number of carbonyl (C=O) groups excluding carboxylic acids is 1. The first-order chi connectivity index (χ1) is 11.1. The molecule has 0 aliphatic rings. The summed E-state index contributed by atoms with van der Waals surface area (Å²) in [4.78, 5) is 22.4. The Kier molecular flexibility index (Phi) is 8.76. The van der Waals surface area contributed by atoms with E-state index in [0.717, 1.165) is 16.5 Å². The summed E-state index contributed by atoms with van der Waals surface area (Å²) < 4.78 is 5.16. The molecule has 0 aliphatic heterocycles. The summed E-state index contributed by atoms with van der Waals surface area (Å²) in [5, 5.41) is 8.87. The number of nitrogens with one attached hydrogen (secondary N) is 2. The highest BCUT2D eigenvalue weighted by Crippen LogP contribution is 2.09. The number of aliphatic imine (C=N–C) groups is 1. The van der Waals surface area contributed by atoms with E-state index in [0.29, 0.717) is 19.0 Å². The summed E-state index contributed by atoms with van der Waals surface area (Å²) in [6.45, 7) is 3.14. The van der Waals surface area contributed by atoms with E-state index in [1.54, 1.807) is 30.7 Å². The Morgan fingerprint density at radius 3 is 2.83 bits per heavy atom. The number of carbonyl (C=O) groups is 1. The minimum atomic E-state index is -0.125. The van der Waals surface area contributed by atoms with Crippen molar-refractivity contribution in [2.45, 2.75) is 20.0 Å². The monoisotopic (exact) mass is 463 g/mol. The molecule has 9 heteroatoms. The van der Waals surface area contributed by atoms with Crippen molar-refractivity contribution in [1.82, 2.24) is 20.5 Å². The molecule has 7 nitrogen and oxygen atoms in total. The molecule has 0 aromatic carbocycles. The van der Waals surface area contributed by atoms with Crippen LogP contribution in [0.1, 0.15) is 16.5 Å². The van der Waals surface area contributed by atoms with Gasteiger partial charge in [-0.15, -0.1) is 35.3 Å². The third-order valence-corrected chi connectivity index (χ3v) is 3.91. The lowest BCUT2D eigenvalue weighted by molar-refractivity contribution is -0.120. The molecule has 24 heavy (non-hydrogen) atoms. The van der Waals surface area contributed by atoms with Gasteiger partial charge in [0.25, 0.3) is 0 Å². The average molecular weight is 463 g/mol. The van der Waals surface area contributed by atoms with Crippen LogP contribution in [0.3, 0.4) is 0 Å². The highest BCUT2D eigenvalue weighted by atomic mass is 127. The van der Waals surface area contributed by atoms with Gasteiger partial charge in [-0.3, -0.25) is 9.79 Å². The Bertz CT molecular complexity index is 657. The first-order valence-electron chi connectivity index (χ1n) is 7.20. The quantitative estimate of drug-likeness (QED) is 0.389. The second kappa shape index (κ2) is 10.3. The number of hydrogen-bond acceptors (Lipinski definition) is 5. The van der Waals surface area contributed by atoms with Crippen molar-refractivity contribution in [3.05, 3.63) is 40.2 Å². The molecule has 1 amide bonds. The van der Waals surface area contributed by atoms with Gasteiger partial charge in [0.1, 0.15) is 5.76 Å². The third-order valence-electron chi connectivity index (χ3n) is 3.09. The number of hydrogen-bond donors (Lipinski definition) is 2. The molecule has 2 N–H and O–H groups in total. The minimum Gasteiger partial charge on any atom is -0.467 e. The fourth-order valence-electron chi connectivity index (χ4n) is 2.00. The van der Waals surface area contributed by atoms with Crippen LogP contribution < -0.4 is 10.6 Å². The van der Waals surface area contributed by atoms with Crippen molar-refractivity contribution < 1.29 is 9.21 Å². The summed E-state index contributed by atoms with van der Waals surface area (Å²) in [5.41, 5.74) is 0.986. The Hall–Kier alpha value is -1.62. The maximum Gasteiger partial charge on any atom is 0.239 e. The fraction of sp³-hybridized carbons (Fsp3) is 0.400. The smallest absolute Gasteiger partial charge is 0.239 e. The molecule has 2 aromatic rings. The Labute approximate surface area is 162 Å². The summed E-state index contributed by atoms with van der Waals surface area (Å²) in [6, 6.07) is 3.60.